The number of aromatic nitrogens is 4. The SMILES string of the molecule is Cc1cc(C(=O)N2CCC[C@@H]2c2cnn(C)c2)c2[nH]ncc2c1. The highest BCUT2D eigenvalue weighted by atomic mass is 16.2. The normalized spacial score (nSPS) is 18.0. The van der Waals surface area contributed by atoms with Crippen molar-refractivity contribution in [2.45, 2.75) is 25.8 Å². The van der Waals surface area contributed by atoms with Gasteiger partial charge in [0.15, 0.2) is 0 Å². The minimum atomic E-state index is 0.0642. The van der Waals surface area contributed by atoms with Crippen LogP contribution in [-0.4, -0.2) is 37.3 Å². The van der Waals surface area contributed by atoms with Gasteiger partial charge in [-0.3, -0.25) is 14.6 Å². The number of fused-ring (bicyclic) bond motifs is 1. The van der Waals surface area contributed by atoms with Crippen LogP contribution in [-0.2, 0) is 7.05 Å². The highest BCUT2D eigenvalue weighted by molar-refractivity contribution is 6.06. The predicted octanol–water partition coefficient (Wildman–Crippen LogP) is 2.58. The maximum atomic E-state index is 13.2. The average molecular weight is 309 g/mol. The molecule has 1 saturated heterocycles. The fraction of sp³-hybridized carbons (Fsp3) is 0.353. The third-order valence-corrected chi connectivity index (χ3v) is 4.55. The molecule has 0 aliphatic carbocycles. The Morgan fingerprint density at radius 1 is 1.35 bits per heavy atom. The molecule has 3 heterocycles. The Morgan fingerprint density at radius 2 is 2.22 bits per heavy atom. The van der Waals surface area contributed by atoms with Crippen LogP contribution in [0.1, 0.15) is 40.4 Å². The average Bonchev–Trinajstić information content (AvgIpc) is 3.24. The molecule has 23 heavy (non-hydrogen) atoms. The van der Waals surface area contributed by atoms with Crippen LogP contribution in [0.2, 0.25) is 0 Å². The largest absolute Gasteiger partial charge is 0.331 e. The number of aromatic amines is 1. The number of hydrogen-bond acceptors (Lipinski definition) is 3. The minimum absolute atomic E-state index is 0.0642. The number of hydrogen-bond donors (Lipinski definition) is 1. The third-order valence-electron chi connectivity index (χ3n) is 4.55. The summed E-state index contributed by atoms with van der Waals surface area (Å²) in [5, 5.41) is 12.3. The van der Waals surface area contributed by atoms with Gasteiger partial charge in [0.2, 0.25) is 0 Å². The van der Waals surface area contributed by atoms with Crippen LogP contribution in [0.4, 0.5) is 0 Å². The molecule has 4 rings (SSSR count). The molecule has 0 radical (unpaired) electrons. The molecule has 3 aromatic rings. The van der Waals surface area contributed by atoms with Gasteiger partial charge < -0.3 is 4.90 Å². The molecule has 1 aliphatic heterocycles. The van der Waals surface area contributed by atoms with Crippen LogP contribution in [0.15, 0.2) is 30.7 Å². The molecule has 1 atom stereocenters. The number of amides is 1. The molecule has 1 aromatic carbocycles. The number of likely N-dealkylation sites (tertiary alicyclic amines) is 1. The first-order valence-electron chi connectivity index (χ1n) is 7.87. The van der Waals surface area contributed by atoms with E-state index < -0.39 is 0 Å². The first-order valence-corrected chi connectivity index (χ1v) is 7.87. The maximum Gasteiger partial charge on any atom is 0.256 e. The van der Waals surface area contributed by atoms with E-state index in [2.05, 4.69) is 15.3 Å². The van der Waals surface area contributed by atoms with E-state index in [1.54, 1.807) is 10.9 Å². The second kappa shape index (κ2) is 5.22. The van der Waals surface area contributed by atoms with Crippen molar-refractivity contribution < 1.29 is 4.79 Å². The molecule has 1 aliphatic rings. The van der Waals surface area contributed by atoms with E-state index in [4.69, 9.17) is 0 Å². The summed E-state index contributed by atoms with van der Waals surface area (Å²) in [6.07, 6.45) is 7.62. The van der Waals surface area contributed by atoms with Crippen LogP contribution < -0.4 is 0 Å². The van der Waals surface area contributed by atoms with Crippen molar-refractivity contribution >= 4 is 16.8 Å². The van der Waals surface area contributed by atoms with Gasteiger partial charge in [0, 0.05) is 30.7 Å². The fourth-order valence-corrected chi connectivity index (χ4v) is 3.50. The van der Waals surface area contributed by atoms with E-state index in [-0.39, 0.29) is 11.9 Å². The molecule has 0 saturated carbocycles. The second-order valence-electron chi connectivity index (χ2n) is 6.25. The van der Waals surface area contributed by atoms with E-state index >= 15 is 0 Å². The number of nitrogens with zero attached hydrogens (tertiary/aromatic N) is 4. The summed E-state index contributed by atoms with van der Waals surface area (Å²) in [6, 6.07) is 4.09. The van der Waals surface area contributed by atoms with Crippen molar-refractivity contribution in [3.8, 4) is 0 Å². The van der Waals surface area contributed by atoms with Crippen LogP contribution in [0.3, 0.4) is 0 Å². The first-order chi connectivity index (χ1) is 11.1. The van der Waals surface area contributed by atoms with Gasteiger partial charge in [-0.25, -0.2) is 0 Å². The highest BCUT2D eigenvalue weighted by Gasteiger charge is 2.32. The van der Waals surface area contributed by atoms with Crippen molar-refractivity contribution in [1.82, 2.24) is 24.9 Å². The third kappa shape index (κ3) is 2.30. The standard InChI is InChI=1S/C17H19N5O/c1-11-6-12-8-18-20-16(12)14(7-11)17(23)22-5-3-4-15(22)13-9-19-21(2)10-13/h6-10,15H,3-5H2,1-2H3,(H,18,20)/t15-/m1/s1. The summed E-state index contributed by atoms with van der Waals surface area (Å²) in [6.45, 7) is 2.79. The summed E-state index contributed by atoms with van der Waals surface area (Å²) < 4.78 is 1.79. The van der Waals surface area contributed by atoms with Crippen molar-refractivity contribution in [2.24, 2.45) is 7.05 Å². The van der Waals surface area contributed by atoms with E-state index in [9.17, 15) is 4.79 Å². The van der Waals surface area contributed by atoms with Gasteiger partial charge in [-0.1, -0.05) is 0 Å². The lowest BCUT2D eigenvalue weighted by Gasteiger charge is -2.24. The maximum absolute atomic E-state index is 13.2. The van der Waals surface area contributed by atoms with E-state index in [0.717, 1.165) is 41.4 Å². The number of aryl methyl sites for hydroxylation is 2. The molecule has 118 valence electrons. The Bertz CT molecular complexity index is 878. The molecule has 0 unspecified atom stereocenters. The lowest BCUT2D eigenvalue weighted by atomic mass is 10.0. The van der Waals surface area contributed by atoms with Gasteiger partial charge in [0.05, 0.1) is 29.5 Å². The number of H-pyrrole nitrogens is 1. The first kappa shape index (κ1) is 14.0. The zero-order chi connectivity index (χ0) is 16.0. The number of benzene rings is 1. The number of rotatable bonds is 2. The van der Waals surface area contributed by atoms with Gasteiger partial charge in [-0.15, -0.1) is 0 Å². The molecule has 2 aromatic heterocycles. The monoisotopic (exact) mass is 309 g/mol. The molecular formula is C17H19N5O. The number of carbonyl (C=O) groups is 1. The van der Waals surface area contributed by atoms with Crippen LogP contribution >= 0.6 is 0 Å². The molecule has 1 fully saturated rings. The molecule has 6 nitrogen and oxygen atoms in total. The van der Waals surface area contributed by atoms with Crippen molar-refractivity contribution in [2.75, 3.05) is 6.54 Å². The molecule has 1 N–H and O–H groups in total. The topological polar surface area (TPSA) is 66.8 Å². The Hall–Kier alpha value is -2.63. The zero-order valence-corrected chi connectivity index (χ0v) is 13.3. The Morgan fingerprint density at radius 3 is 3.00 bits per heavy atom. The quantitative estimate of drug-likeness (QED) is 0.791. The molecule has 6 heteroatoms. The zero-order valence-electron chi connectivity index (χ0n) is 13.3. The van der Waals surface area contributed by atoms with Crippen LogP contribution in [0, 0.1) is 6.92 Å². The second-order valence-corrected chi connectivity index (χ2v) is 6.25. The summed E-state index contributed by atoms with van der Waals surface area (Å²) in [4.78, 5) is 15.1. The van der Waals surface area contributed by atoms with Gasteiger partial charge >= 0.3 is 0 Å². The molecule has 0 spiro atoms. The van der Waals surface area contributed by atoms with Gasteiger partial charge in [-0.05, 0) is 37.5 Å². The summed E-state index contributed by atoms with van der Waals surface area (Å²) in [7, 11) is 1.90. The summed E-state index contributed by atoms with van der Waals surface area (Å²) >= 11 is 0. The molecule has 0 bridgehead atoms. The smallest absolute Gasteiger partial charge is 0.256 e. The highest BCUT2D eigenvalue weighted by Crippen LogP contribution is 2.34. The number of carbonyl (C=O) groups excluding carboxylic acids is 1. The summed E-state index contributed by atoms with van der Waals surface area (Å²) in [5.74, 6) is 0.0642. The lowest BCUT2D eigenvalue weighted by Crippen LogP contribution is -2.30. The molecular weight excluding hydrogens is 290 g/mol. The van der Waals surface area contributed by atoms with E-state index in [1.165, 1.54) is 0 Å². The van der Waals surface area contributed by atoms with Gasteiger partial charge in [-0.2, -0.15) is 10.2 Å². The van der Waals surface area contributed by atoms with Crippen molar-refractivity contribution in [1.29, 1.82) is 0 Å². The fourth-order valence-electron chi connectivity index (χ4n) is 3.50. The van der Waals surface area contributed by atoms with Crippen molar-refractivity contribution in [3.63, 3.8) is 0 Å². The summed E-state index contributed by atoms with van der Waals surface area (Å²) in [5.41, 5.74) is 3.69. The van der Waals surface area contributed by atoms with E-state index in [1.807, 2.05) is 43.4 Å². The van der Waals surface area contributed by atoms with Gasteiger partial charge in [0.1, 0.15) is 0 Å². The van der Waals surface area contributed by atoms with E-state index in [0.29, 0.717) is 5.56 Å². The predicted molar refractivity (Wildman–Crippen MR) is 87.1 cm³/mol. The Balaban J connectivity index is 1.73. The van der Waals surface area contributed by atoms with Crippen LogP contribution in [0.5, 0.6) is 0 Å². The van der Waals surface area contributed by atoms with Gasteiger partial charge in [0.25, 0.3) is 5.91 Å². The Labute approximate surface area is 134 Å². The molecule has 1 amide bonds. The van der Waals surface area contributed by atoms with Crippen LogP contribution in [0.25, 0.3) is 10.9 Å². The number of nitrogens with one attached hydrogen (secondary N) is 1. The lowest BCUT2D eigenvalue weighted by molar-refractivity contribution is 0.0737. The van der Waals surface area contributed by atoms with Crippen molar-refractivity contribution in [3.05, 3.63) is 47.4 Å². The Kier molecular flexibility index (Phi) is 3.18. The minimum Gasteiger partial charge on any atom is -0.331 e.